The number of hydrogen-bond donors (Lipinski definition) is 1. The normalized spacial score (nSPS) is 16.9. The summed E-state index contributed by atoms with van der Waals surface area (Å²) >= 11 is 0. The monoisotopic (exact) mass is 280 g/mol. The molecule has 0 bridgehead atoms. The zero-order valence-corrected chi connectivity index (χ0v) is 11.8. The number of para-hydroxylation sites is 1. The van der Waals surface area contributed by atoms with Gasteiger partial charge in [0, 0.05) is 5.39 Å². The smallest absolute Gasteiger partial charge is 0.276 e. The van der Waals surface area contributed by atoms with Gasteiger partial charge in [-0.25, -0.2) is 4.98 Å². The fraction of sp³-hybridized carbons (Fsp3) is 0.312. The molecule has 0 unspecified atom stereocenters. The molecule has 1 saturated carbocycles. The Kier molecular flexibility index (Phi) is 2.59. The standard InChI is InChI=1S/C16H16N4O/c1-10-9-13(18-12-6-3-2-5-11(10)12)14-19-15(20-21-14)16(17)7-4-8-16/h2-3,5-6,9H,4,7-8,17H2,1H3. The van der Waals surface area contributed by atoms with Gasteiger partial charge in [-0.15, -0.1) is 0 Å². The topological polar surface area (TPSA) is 77.8 Å². The van der Waals surface area contributed by atoms with Crippen LogP contribution in [0.15, 0.2) is 34.9 Å². The zero-order chi connectivity index (χ0) is 14.4. The van der Waals surface area contributed by atoms with E-state index < -0.39 is 5.54 Å². The van der Waals surface area contributed by atoms with E-state index in [1.165, 1.54) is 0 Å². The molecular formula is C16H16N4O. The summed E-state index contributed by atoms with van der Waals surface area (Å²) in [6.45, 7) is 2.06. The molecule has 106 valence electrons. The number of aromatic nitrogens is 3. The van der Waals surface area contributed by atoms with E-state index in [0.29, 0.717) is 17.4 Å². The van der Waals surface area contributed by atoms with Gasteiger partial charge in [-0.3, -0.25) is 0 Å². The van der Waals surface area contributed by atoms with E-state index in [2.05, 4.69) is 28.1 Å². The Morgan fingerprint density at radius 1 is 1.19 bits per heavy atom. The fourth-order valence-corrected chi connectivity index (χ4v) is 2.77. The third kappa shape index (κ3) is 1.93. The summed E-state index contributed by atoms with van der Waals surface area (Å²) in [6, 6.07) is 10.0. The molecule has 5 heteroatoms. The van der Waals surface area contributed by atoms with Crippen LogP contribution in [0.25, 0.3) is 22.5 Å². The van der Waals surface area contributed by atoms with Crippen molar-refractivity contribution >= 4 is 10.9 Å². The predicted molar refractivity (Wildman–Crippen MR) is 79.5 cm³/mol. The Bertz CT molecular complexity index is 820. The average Bonchev–Trinajstić information content (AvgIpc) is 2.95. The van der Waals surface area contributed by atoms with Crippen molar-refractivity contribution in [3.8, 4) is 11.6 Å². The summed E-state index contributed by atoms with van der Waals surface area (Å²) in [5.74, 6) is 1.03. The van der Waals surface area contributed by atoms with E-state index in [1.807, 2.05) is 24.3 Å². The van der Waals surface area contributed by atoms with Crippen molar-refractivity contribution in [1.82, 2.24) is 15.1 Å². The van der Waals surface area contributed by atoms with Crippen LogP contribution in [0.2, 0.25) is 0 Å². The fourth-order valence-electron chi connectivity index (χ4n) is 2.77. The van der Waals surface area contributed by atoms with E-state index in [1.54, 1.807) is 0 Å². The number of hydrogen-bond acceptors (Lipinski definition) is 5. The number of aryl methyl sites for hydroxylation is 1. The van der Waals surface area contributed by atoms with Crippen LogP contribution in [0.5, 0.6) is 0 Å². The number of fused-ring (bicyclic) bond motifs is 1. The Morgan fingerprint density at radius 3 is 2.76 bits per heavy atom. The molecule has 0 atom stereocenters. The molecule has 0 saturated heterocycles. The quantitative estimate of drug-likeness (QED) is 0.781. The number of pyridine rings is 1. The SMILES string of the molecule is Cc1cc(-c2nc(C3(N)CCC3)no2)nc2ccccc12. The van der Waals surface area contributed by atoms with Crippen molar-refractivity contribution in [1.29, 1.82) is 0 Å². The van der Waals surface area contributed by atoms with Gasteiger partial charge in [0.25, 0.3) is 5.89 Å². The van der Waals surface area contributed by atoms with Gasteiger partial charge >= 0.3 is 0 Å². The second-order valence-electron chi connectivity index (χ2n) is 5.77. The minimum absolute atomic E-state index is 0.409. The van der Waals surface area contributed by atoms with Crippen LogP contribution >= 0.6 is 0 Å². The third-order valence-corrected chi connectivity index (χ3v) is 4.26. The van der Waals surface area contributed by atoms with Gasteiger partial charge in [0.15, 0.2) is 5.82 Å². The lowest BCUT2D eigenvalue weighted by Crippen LogP contribution is -2.44. The van der Waals surface area contributed by atoms with Gasteiger partial charge in [-0.1, -0.05) is 23.4 Å². The molecule has 0 radical (unpaired) electrons. The molecule has 1 fully saturated rings. The summed E-state index contributed by atoms with van der Waals surface area (Å²) in [6.07, 6.45) is 2.94. The van der Waals surface area contributed by atoms with Crippen LogP contribution in [0.3, 0.4) is 0 Å². The number of nitrogens with zero attached hydrogens (tertiary/aromatic N) is 3. The van der Waals surface area contributed by atoms with E-state index >= 15 is 0 Å². The number of benzene rings is 1. The molecular weight excluding hydrogens is 264 g/mol. The summed E-state index contributed by atoms with van der Waals surface area (Å²) in [5, 5.41) is 5.18. The molecule has 1 aliphatic rings. The first-order chi connectivity index (χ1) is 10.2. The van der Waals surface area contributed by atoms with Crippen molar-refractivity contribution in [2.75, 3.05) is 0 Å². The van der Waals surface area contributed by atoms with Gasteiger partial charge in [0.1, 0.15) is 5.69 Å². The van der Waals surface area contributed by atoms with Gasteiger partial charge in [-0.2, -0.15) is 4.98 Å². The number of nitrogens with two attached hydrogens (primary N) is 1. The van der Waals surface area contributed by atoms with Crippen LogP contribution in [-0.4, -0.2) is 15.1 Å². The molecule has 1 aromatic carbocycles. The molecule has 2 N–H and O–H groups in total. The molecule has 4 rings (SSSR count). The minimum Gasteiger partial charge on any atom is -0.332 e. The molecule has 2 heterocycles. The van der Waals surface area contributed by atoms with Gasteiger partial charge in [0.2, 0.25) is 0 Å². The van der Waals surface area contributed by atoms with Crippen LogP contribution in [-0.2, 0) is 5.54 Å². The molecule has 2 aromatic heterocycles. The first-order valence-corrected chi connectivity index (χ1v) is 7.16. The first kappa shape index (κ1) is 12.5. The van der Waals surface area contributed by atoms with Crippen LogP contribution in [0, 0.1) is 6.92 Å². The average molecular weight is 280 g/mol. The minimum atomic E-state index is -0.409. The van der Waals surface area contributed by atoms with Crippen molar-refractivity contribution in [3.05, 3.63) is 41.7 Å². The van der Waals surface area contributed by atoms with Gasteiger partial charge in [0.05, 0.1) is 11.1 Å². The summed E-state index contributed by atoms with van der Waals surface area (Å²) in [4.78, 5) is 9.07. The van der Waals surface area contributed by atoms with E-state index in [0.717, 1.165) is 35.7 Å². The Balaban J connectivity index is 1.80. The van der Waals surface area contributed by atoms with Crippen molar-refractivity contribution in [3.63, 3.8) is 0 Å². The lowest BCUT2D eigenvalue weighted by Gasteiger charge is -2.34. The Hall–Kier alpha value is -2.27. The van der Waals surface area contributed by atoms with E-state index in [9.17, 15) is 0 Å². The van der Waals surface area contributed by atoms with Crippen LogP contribution in [0.4, 0.5) is 0 Å². The highest BCUT2D eigenvalue weighted by Gasteiger charge is 2.39. The number of rotatable bonds is 2. The van der Waals surface area contributed by atoms with Gasteiger partial charge in [-0.05, 0) is 43.9 Å². The highest BCUT2D eigenvalue weighted by Crippen LogP contribution is 2.37. The maximum atomic E-state index is 6.23. The maximum Gasteiger partial charge on any atom is 0.276 e. The van der Waals surface area contributed by atoms with Crippen molar-refractivity contribution < 1.29 is 4.52 Å². The largest absolute Gasteiger partial charge is 0.332 e. The van der Waals surface area contributed by atoms with Crippen molar-refractivity contribution in [2.24, 2.45) is 5.73 Å². The summed E-state index contributed by atoms with van der Waals surface area (Å²) in [7, 11) is 0. The van der Waals surface area contributed by atoms with Crippen LogP contribution < -0.4 is 5.73 Å². The molecule has 0 aliphatic heterocycles. The van der Waals surface area contributed by atoms with E-state index in [4.69, 9.17) is 10.3 Å². The predicted octanol–water partition coefficient (Wildman–Crippen LogP) is 2.93. The Morgan fingerprint density at radius 2 is 2.00 bits per heavy atom. The molecule has 0 amide bonds. The lowest BCUT2D eigenvalue weighted by molar-refractivity contribution is 0.229. The molecule has 0 spiro atoms. The highest BCUT2D eigenvalue weighted by atomic mass is 16.5. The first-order valence-electron chi connectivity index (χ1n) is 7.16. The zero-order valence-electron chi connectivity index (χ0n) is 11.8. The maximum absolute atomic E-state index is 6.23. The third-order valence-electron chi connectivity index (χ3n) is 4.26. The lowest BCUT2D eigenvalue weighted by atomic mass is 9.77. The Labute approximate surface area is 122 Å². The highest BCUT2D eigenvalue weighted by molar-refractivity contribution is 5.84. The van der Waals surface area contributed by atoms with Crippen molar-refractivity contribution in [2.45, 2.75) is 31.7 Å². The molecule has 21 heavy (non-hydrogen) atoms. The molecule has 3 aromatic rings. The molecule has 5 nitrogen and oxygen atoms in total. The summed E-state index contributed by atoms with van der Waals surface area (Å²) < 4.78 is 5.37. The van der Waals surface area contributed by atoms with Gasteiger partial charge < -0.3 is 10.3 Å². The second kappa shape index (κ2) is 4.36. The second-order valence-corrected chi connectivity index (χ2v) is 5.77. The van der Waals surface area contributed by atoms with E-state index in [-0.39, 0.29) is 0 Å². The molecule has 1 aliphatic carbocycles. The summed E-state index contributed by atoms with van der Waals surface area (Å²) in [5.41, 5.74) is 8.59. The van der Waals surface area contributed by atoms with Crippen LogP contribution in [0.1, 0.15) is 30.7 Å².